The summed E-state index contributed by atoms with van der Waals surface area (Å²) in [7, 11) is 0. The first kappa shape index (κ1) is 13.4. The van der Waals surface area contributed by atoms with E-state index in [1.807, 2.05) is 13.8 Å². The minimum atomic E-state index is -0.176. The summed E-state index contributed by atoms with van der Waals surface area (Å²) in [5, 5.41) is 8.89. The van der Waals surface area contributed by atoms with E-state index < -0.39 is 0 Å². The molecule has 0 aliphatic rings. The molecule has 0 aliphatic heterocycles. The Bertz CT molecular complexity index is 189. The number of rotatable bonds is 6. The SMILES string of the molecule is CCN(CCC(C)(C)C#N)CC(C)C. The summed E-state index contributed by atoms with van der Waals surface area (Å²) in [6, 6.07) is 2.35. The normalized spacial score (nSPS) is 12.1. The molecule has 0 saturated heterocycles. The van der Waals surface area contributed by atoms with Gasteiger partial charge in [-0.15, -0.1) is 0 Å². The molecular weight excluding hydrogens is 172 g/mol. The van der Waals surface area contributed by atoms with Gasteiger partial charge in [0.15, 0.2) is 0 Å². The van der Waals surface area contributed by atoms with Crippen LogP contribution in [0.5, 0.6) is 0 Å². The number of nitrogens with zero attached hydrogens (tertiary/aromatic N) is 2. The van der Waals surface area contributed by atoms with Gasteiger partial charge >= 0.3 is 0 Å². The van der Waals surface area contributed by atoms with E-state index in [9.17, 15) is 0 Å². The maximum Gasteiger partial charge on any atom is 0.0684 e. The lowest BCUT2D eigenvalue weighted by molar-refractivity contribution is 0.229. The quantitative estimate of drug-likeness (QED) is 0.653. The molecule has 0 heterocycles. The van der Waals surface area contributed by atoms with E-state index in [0.717, 1.165) is 26.1 Å². The molecule has 0 fully saturated rings. The molecule has 0 spiro atoms. The Hall–Kier alpha value is -0.550. The third-order valence-corrected chi connectivity index (χ3v) is 2.43. The van der Waals surface area contributed by atoms with E-state index >= 15 is 0 Å². The van der Waals surface area contributed by atoms with Crippen molar-refractivity contribution in [1.29, 1.82) is 5.26 Å². The Morgan fingerprint density at radius 1 is 1.36 bits per heavy atom. The molecule has 0 amide bonds. The molecule has 0 atom stereocenters. The Labute approximate surface area is 88.9 Å². The molecule has 0 aromatic heterocycles. The van der Waals surface area contributed by atoms with Crippen molar-refractivity contribution in [3.05, 3.63) is 0 Å². The van der Waals surface area contributed by atoms with Crippen molar-refractivity contribution in [3.8, 4) is 6.07 Å². The zero-order valence-electron chi connectivity index (χ0n) is 10.3. The molecule has 0 rings (SSSR count). The van der Waals surface area contributed by atoms with Crippen LogP contribution in [0.3, 0.4) is 0 Å². The van der Waals surface area contributed by atoms with Crippen LogP contribution in [0.25, 0.3) is 0 Å². The topological polar surface area (TPSA) is 27.0 Å². The highest BCUT2D eigenvalue weighted by Gasteiger charge is 2.17. The van der Waals surface area contributed by atoms with Gasteiger partial charge in [0, 0.05) is 6.54 Å². The largest absolute Gasteiger partial charge is 0.303 e. The van der Waals surface area contributed by atoms with Crippen LogP contribution in [0.15, 0.2) is 0 Å². The van der Waals surface area contributed by atoms with Gasteiger partial charge in [0.25, 0.3) is 0 Å². The minimum absolute atomic E-state index is 0.176. The van der Waals surface area contributed by atoms with Crippen molar-refractivity contribution in [2.75, 3.05) is 19.6 Å². The summed E-state index contributed by atoms with van der Waals surface area (Å²) >= 11 is 0. The summed E-state index contributed by atoms with van der Waals surface area (Å²) in [5.74, 6) is 0.708. The Morgan fingerprint density at radius 3 is 2.29 bits per heavy atom. The van der Waals surface area contributed by atoms with Gasteiger partial charge in [-0.2, -0.15) is 5.26 Å². The van der Waals surface area contributed by atoms with Crippen molar-refractivity contribution < 1.29 is 0 Å². The highest BCUT2D eigenvalue weighted by molar-refractivity contribution is 4.92. The summed E-state index contributed by atoms with van der Waals surface area (Å²) in [6.45, 7) is 13.9. The first-order chi connectivity index (χ1) is 6.41. The second-order valence-corrected chi connectivity index (χ2v) is 5.03. The van der Waals surface area contributed by atoms with E-state index in [2.05, 4.69) is 31.7 Å². The zero-order valence-corrected chi connectivity index (χ0v) is 10.3. The molecule has 14 heavy (non-hydrogen) atoms. The van der Waals surface area contributed by atoms with Gasteiger partial charge in [0.05, 0.1) is 11.5 Å². The maximum atomic E-state index is 8.89. The van der Waals surface area contributed by atoms with E-state index in [0.29, 0.717) is 5.92 Å². The van der Waals surface area contributed by atoms with Gasteiger partial charge in [0.2, 0.25) is 0 Å². The van der Waals surface area contributed by atoms with E-state index in [1.165, 1.54) is 0 Å². The fourth-order valence-corrected chi connectivity index (χ4v) is 1.39. The highest BCUT2D eigenvalue weighted by atomic mass is 15.1. The van der Waals surface area contributed by atoms with E-state index in [4.69, 9.17) is 5.26 Å². The predicted molar refractivity (Wildman–Crippen MR) is 61.0 cm³/mol. The number of hydrogen-bond acceptors (Lipinski definition) is 2. The average Bonchev–Trinajstić information content (AvgIpc) is 2.12. The third kappa shape index (κ3) is 5.99. The van der Waals surface area contributed by atoms with Crippen LogP contribution in [0.2, 0.25) is 0 Å². The first-order valence-corrected chi connectivity index (χ1v) is 5.55. The highest BCUT2D eigenvalue weighted by Crippen LogP contribution is 2.19. The molecule has 0 bridgehead atoms. The Balaban J connectivity index is 3.91. The van der Waals surface area contributed by atoms with Gasteiger partial charge in [-0.1, -0.05) is 20.8 Å². The van der Waals surface area contributed by atoms with Crippen LogP contribution in [0.1, 0.15) is 41.0 Å². The smallest absolute Gasteiger partial charge is 0.0684 e. The molecule has 0 N–H and O–H groups in total. The maximum absolute atomic E-state index is 8.89. The molecule has 2 nitrogen and oxygen atoms in total. The van der Waals surface area contributed by atoms with Crippen molar-refractivity contribution in [1.82, 2.24) is 4.90 Å². The van der Waals surface area contributed by atoms with Crippen molar-refractivity contribution in [2.24, 2.45) is 11.3 Å². The van der Waals surface area contributed by atoms with E-state index in [1.54, 1.807) is 0 Å². The van der Waals surface area contributed by atoms with Crippen LogP contribution in [-0.2, 0) is 0 Å². The molecule has 0 aliphatic carbocycles. The van der Waals surface area contributed by atoms with Gasteiger partial charge < -0.3 is 4.90 Å². The molecule has 82 valence electrons. The fraction of sp³-hybridized carbons (Fsp3) is 0.917. The number of hydrogen-bond donors (Lipinski definition) is 0. The predicted octanol–water partition coefficient (Wildman–Crippen LogP) is 2.90. The van der Waals surface area contributed by atoms with Crippen LogP contribution in [0, 0.1) is 22.7 Å². The second kappa shape index (κ2) is 6.03. The van der Waals surface area contributed by atoms with E-state index in [-0.39, 0.29) is 5.41 Å². The first-order valence-electron chi connectivity index (χ1n) is 5.55. The Kier molecular flexibility index (Phi) is 5.79. The molecule has 0 aromatic carbocycles. The molecule has 0 aromatic rings. The Morgan fingerprint density at radius 2 is 1.93 bits per heavy atom. The summed E-state index contributed by atoms with van der Waals surface area (Å²) in [5.41, 5.74) is -0.176. The number of nitriles is 1. The lowest BCUT2D eigenvalue weighted by Crippen LogP contribution is -2.31. The van der Waals surface area contributed by atoms with Crippen LogP contribution in [-0.4, -0.2) is 24.5 Å². The molecular formula is C12H24N2. The summed E-state index contributed by atoms with van der Waals surface area (Å²) in [6.07, 6.45) is 0.962. The monoisotopic (exact) mass is 196 g/mol. The lowest BCUT2D eigenvalue weighted by Gasteiger charge is -2.25. The van der Waals surface area contributed by atoms with Gasteiger partial charge in [-0.3, -0.25) is 0 Å². The van der Waals surface area contributed by atoms with Crippen LogP contribution in [0.4, 0.5) is 0 Å². The molecule has 0 saturated carbocycles. The minimum Gasteiger partial charge on any atom is -0.303 e. The van der Waals surface area contributed by atoms with Gasteiger partial charge in [-0.25, -0.2) is 0 Å². The summed E-state index contributed by atoms with van der Waals surface area (Å²) in [4.78, 5) is 2.42. The molecule has 0 radical (unpaired) electrons. The van der Waals surface area contributed by atoms with Crippen molar-refractivity contribution in [2.45, 2.75) is 41.0 Å². The standard InChI is InChI=1S/C12H24N2/c1-6-14(9-11(2)3)8-7-12(4,5)10-13/h11H,6-9H2,1-5H3. The van der Waals surface area contributed by atoms with Gasteiger partial charge in [0.1, 0.15) is 0 Å². The fourth-order valence-electron chi connectivity index (χ4n) is 1.39. The van der Waals surface area contributed by atoms with Crippen molar-refractivity contribution >= 4 is 0 Å². The van der Waals surface area contributed by atoms with Gasteiger partial charge in [-0.05, 0) is 39.3 Å². The van der Waals surface area contributed by atoms with Crippen LogP contribution < -0.4 is 0 Å². The average molecular weight is 196 g/mol. The zero-order chi connectivity index (χ0) is 11.2. The molecule has 0 unspecified atom stereocenters. The van der Waals surface area contributed by atoms with Crippen LogP contribution >= 0.6 is 0 Å². The molecule has 2 heteroatoms. The van der Waals surface area contributed by atoms with Crippen molar-refractivity contribution in [3.63, 3.8) is 0 Å². The third-order valence-electron chi connectivity index (χ3n) is 2.43. The summed E-state index contributed by atoms with van der Waals surface area (Å²) < 4.78 is 0. The second-order valence-electron chi connectivity index (χ2n) is 5.03. The lowest BCUT2D eigenvalue weighted by atomic mass is 9.91.